The van der Waals surface area contributed by atoms with E-state index in [4.69, 9.17) is 16.3 Å². The van der Waals surface area contributed by atoms with Crippen molar-refractivity contribution < 1.29 is 17.9 Å². The Morgan fingerprint density at radius 2 is 1.59 bits per heavy atom. The monoisotopic (exact) mass is 339 g/mol. The van der Waals surface area contributed by atoms with Gasteiger partial charge in [0.1, 0.15) is 5.75 Å². The molecular weight excluding hydrogens is 326 g/mol. The first-order chi connectivity index (χ1) is 10.4. The van der Waals surface area contributed by atoms with E-state index < -0.39 is 15.9 Å². The lowest BCUT2D eigenvalue weighted by Crippen LogP contribution is -2.33. The van der Waals surface area contributed by atoms with E-state index in [2.05, 4.69) is 0 Å². The largest absolute Gasteiger partial charge is 0.497 e. The SMILES string of the molecule is COc1ccc(S(=O)(=O)N(C)C(=O)c2ccc(Cl)cc2)cc1. The van der Waals surface area contributed by atoms with Crippen molar-refractivity contribution in [2.24, 2.45) is 0 Å². The van der Waals surface area contributed by atoms with Crippen LogP contribution in [0.25, 0.3) is 0 Å². The van der Waals surface area contributed by atoms with Gasteiger partial charge in [-0.15, -0.1) is 0 Å². The number of ether oxygens (including phenoxy) is 1. The Labute approximate surface area is 134 Å². The molecule has 2 aromatic carbocycles. The molecule has 2 rings (SSSR count). The fourth-order valence-corrected chi connectivity index (χ4v) is 3.04. The Morgan fingerprint density at radius 1 is 1.05 bits per heavy atom. The van der Waals surface area contributed by atoms with Crippen molar-refractivity contribution in [3.8, 4) is 5.75 Å². The first-order valence-electron chi connectivity index (χ1n) is 6.29. The van der Waals surface area contributed by atoms with Gasteiger partial charge >= 0.3 is 0 Å². The first kappa shape index (κ1) is 16.3. The van der Waals surface area contributed by atoms with Gasteiger partial charge in [0.15, 0.2) is 0 Å². The normalized spacial score (nSPS) is 11.0. The number of hydrogen-bond donors (Lipinski definition) is 0. The lowest BCUT2D eigenvalue weighted by molar-refractivity contribution is 0.0883. The van der Waals surface area contributed by atoms with Gasteiger partial charge in [-0.25, -0.2) is 12.7 Å². The smallest absolute Gasteiger partial charge is 0.267 e. The third-order valence-electron chi connectivity index (χ3n) is 3.10. The number of halogens is 1. The highest BCUT2D eigenvalue weighted by Crippen LogP contribution is 2.20. The van der Waals surface area contributed by atoms with E-state index in [1.165, 1.54) is 62.7 Å². The fraction of sp³-hybridized carbons (Fsp3) is 0.133. The maximum Gasteiger partial charge on any atom is 0.267 e. The number of benzene rings is 2. The van der Waals surface area contributed by atoms with Crippen LogP contribution >= 0.6 is 11.6 Å². The summed E-state index contributed by atoms with van der Waals surface area (Å²) in [5.74, 6) is -0.0990. The number of hydrogen-bond acceptors (Lipinski definition) is 4. The van der Waals surface area contributed by atoms with Gasteiger partial charge in [-0.1, -0.05) is 11.6 Å². The number of rotatable bonds is 4. The highest BCUT2D eigenvalue weighted by atomic mass is 35.5. The number of methoxy groups -OCH3 is 1. The summed E-state index contributed by atoms with van der Waals surface area (Å²) in [7, 11) is -1.22. The van der Waals surface area contributed by atoms with Crippen molar-refractivity contribution in [1.29, 1.82) is 0 Å². The number of nitrogens with zero attached hydrogens (tertiary/aromatic N) is 1. The lowest BCUT2D eigenvalue weighted by Gasteiger charge is -2.17. The van der Waals surface area contributed by atoms with Crippen molar-refractivity contribution in [1.82, 2.24) is 4.31 Å². The van der Waals surface area contributed by atoms with Gasteiger partial charge in [-0.2, -0.15) is 0 Å². The number of sulfonamides is 1. The molecule has 0 N–H and O–H groups in total. The molecule has 0 aliphatic heterocycles. The quantitative estimate of drug-likeness (QED) is 0.859. The molecule has 0 unspecified atom stereocenters. The van der Waals surface area contributed by atoms with E-state index in [1.54, 1.807) is 0 Å². The van der Waals surface area contributed by atoms with Gasteiger partial charge in [0, 0.05) is 17.6 Å². The molecule has 0 saturated heterocycles. The van der Waals surface area contributed by atoms with Crippen LogP contribution in [0.15, 0.2) is 53.4 Å². The molecule has 0 spiro atoms. The van der Waals surface area contributed by atoms with Gasteiger partial charge in [-0.05, 0) is 48.5 Å². The van der Waals surface area contributed by atoms with Gasteiger partial charge in [-0.3, -0.25) is 4.79 Å². The molecule has 0 heterocycles. The molecule has 0 aliphatic rings. The zero-order chi connectivity index (χ0) is 16.3. The van der Waals surface area contributed by atoms with Crippen LogP contribution < -0.4 is 4.74 Å². The molecule has 0 aliphatic carbocycles. The topological polar surface area (TPSA) is 63.7 Å². The predicted molar refractivity (Wildman–Crippen MR) is 83.7 cm³/mol. The molecule has 116 valence electrons. The molecule has 0 aromatic heterocycles. The highest BCUT2D eigenvalue weighted by molar-refractivity contribution is 7.89. The molecule has 0 atom stereocenters. The molecule has 1 amide bonds. The minimum absolute atomic E-state index is 0.0121. The maximum atomic E-state index is 12.5. The summed E-state index contributed by atoms with van der Waals surface area (Å²) >= 11 is 5.76. The molecule has 0 saturated carbocycles. The maximum absolute atomic E-state index is 12.5. The van der Waals surface area contributed by atoms with Crippen molar-refractivity contribution >= 4 is 27.5 Å². The summed E-state index contributed by atoms with van der Waals surface area (Å²) in [6, 6.07) is 11.8. The molecule has 22 heavy (non-hydrogen) atoms. The lowest BCUT2D eigenvalue weighted by atomic mass is 10.2. The number of carbonyl (C=O) groups is 1. The minimum atomic E-state index is -3.93. The average Bonchev–Trinajstić information content (AvgIpc) is 2.54. The molecule has 0 bridgehead atoms. The molecule has 2 aromatic rings. The second-order valence-electron chi connectivity index (χ2n) is 4.46. The summed E-state index contributed by atoms with van der Waals surface area (Å²) in [4.78, 5) is 12.3. The van der Waals surface area contributed by atoms with E-state index >= 15 is 0 Å². The summed E-state index contributed by atoms with van der Waals surface area (Å²) in [5, 5.41) is 0.470. The second kappa shape index (κ2) is 6.37. The molecule has 0 fully saturated rings. The Bertz CT molecular complexity index is 770. The second-order valence-corrected chi connectivity index (χ2v) is 6.87. The molecular formula is C15H14ClNO4S. The van der Waals surface area contributed by atoms with Crippen LogP contribution in [0, 0.1) is 0 Å². The van der Waals surface area contributed by atoms with Crippen molar-refractivity contribution in [3.05, 3.63) is 59.1 Å². The van der Waals surface area contributed by atoms with Crippen LogP contribution in [0.2, 0.25) is 5.02 Å². The van der Waals surface area contributed by atoms with E-state index in [9.17, 15) is 13.2 Å². The van der Waals surface area contributed by atoms with Crippen LogP contribution in [-0.4, -0.2) is 32.8 Å². The van der Waals surface area contributed by atoms with Crippen LogP contribution in [0.5, 0.6) is 5.75 Å². The summed E-state index contributed by atoms with van der Waals surface area (Å²) in [6.45, 7) is 0. The first-order valence-corrected chi connectivity index (χ1v) is 8.11. The van der Waals surface area contributed by atoms with Crippen LogP contribution in [-0.2, 0) is 10.0 Å². The Morgan fingerprint density at radius 3 is 2.09 bits per heavy atom. The Balaban J connectivity index is 2.31. The Kier molecular flexibility index (Phi) is 4.73. The van der Waals surface area contributed by atoms with E-state index in [0.717, 1.165) is 0 Å². The van der Waals surface area contributed by atoms with Gasteiger partial charge < -0.3 is 4.74 Å². The van der Waals surface area contributed by atoms with E-state index in [-0.39, 0.29) is 10.5 Å². The van der Waals surface area contributed by atoms with Crippen LogP contribution in [0.4, 0.5) is 0 Å². The zero-order valence-corrected chi connectivity index (χ0v) is 13.6. The predicted octanol–water partition coefficient (Wildman–Crippen LogP) is 2.81. The molecule has 5 nitrogen and oxygen atoms in total. The minimum Gasteiger partial charge on any atom is -0.497 e. The third-order valence-corrected chi connectivity index (χ3v) is 5.10. The van der Waals surface area contributed by atoms with Crippen molar-refractivity contribution in [2.75, 3.05) is 14.2 Å². The van der Waals surface area contributed by atoms with Crippen molar-refractivity contribution in [2.45, 2.75) is 4.90 Å². The molecule has 0 radical (unpaired) electrons. The van der Waals surface area contributed by atoms with E-state index in [1.807, 2.05) is 0 Å². The fourth-order valence-electron chi connectivity index (χ4n) is 1.79. The third kappa shape index (κ3) is 3.23. The van der Waals surface area contributed by atoms with Gasteiger partial charge in [0.05, 0.1) is 12.0 Å². The number of carbonyl (C=O) groups excluding carboxylic acids is 1. The average molecular weight is 340 g/mol. The zero-order valence-electron chi connectivity index (χ0n) is 12.0. The van der Waals surface area contributed by atoms with Crippen LogP contribution in [0.1, 0.15) is 10.4 Å². The van der Waals surface area contributed by atoms with Gasteiger partial charge in [0.2, 0.25) is 0 Å². The van der Waals surface area contributed by atoms with E-state index in [0.29, 0.717) is 15.1 Å². The Hall–Kier alpha value is -2.05. The van der Waals surface area contributed by atoms with Gasteiger partial charge in [0.25, 0.3) is 15.9 Å². The summed E-state index contributed by atoms with van der Waals surface area (Å²) in [6.07, 6.45) is 0. The molecule has 7 heteroatoms. The van der Waals surface area contributed by atoms with Crippen LogP contribution in [0.3, 0.4) is 0 Å². The highest BCUT2D eigenvalue weighted by Gasteiger charge is 2.26. The standard InChI is InChI=1S/C15H14ClNO4S/c1-17(15(18)11-3-5-12(16)6-4-11)22(19,20)14-9-7-13(21-2)8-10-14/h3-10H,1-2H3. The summed E-state index contributed by atoms with van der Waals surface area (Å²) < 4.78 is 30.6. The van der Waals surface area contributed by atoms with Crippen molar-refractivity contribution in [3.63, 3.8) is 0 Å². The summed E-state index contributed by atoms with van der Waals surface area (Å²) in [5.41, 5.74) is 0.240. The number of amides is 1.